The summed E-state index contributed by atoms with van der Waals surface area (Å²) < 4.78 is 38.8. The third-order valence-corrected chi connectivity index (χ3v) is 3.61. The molecule has 0 aliphatic carbocycles. The van der Waals surface area contributed by atoms with Crippen LogP contribution in [0.25, 0.3) is 0 Å². The Bertz CT molecular complexity index is 552. The van der Waals surface area contributed by atoms with Gasteiger partial charge in [0, 0.05) is 22.4 Å². The summed E-state index contributed by atoms with van der Waals surface area (Å²) in [5, 5.41) is 14.9. The number of carbonyl (C=O) groups excluding carboxylic acids is 1. The molecule has 19 heavy (non-hydrogen) atoms. The molecule has 0 spiro atoms. The molecule has 1 aliphatic rings. The quantitative estimate of drug-likeness (QED) is 0.864. The Balaban J connectivity index is 2.39. The van der Waals surface area contributed by atoms with Crippen LogP contribution in [0.5, 0.6) is 0 Å². The summed E-state index contributed by atoms with van der Waals surface area (Å²) in [6, 6.07) is 1.47. The van der Waals surface area contributed by atoms with Gasteiger partial charge in [-0.3, -0.25) is 4.79 Å². The first-order valence-corrected chi connectivity index (χ1v) is 6.26. The van der Waals surface area contributed by atoms with E-state index in [1.54, 1.807) is 6.92 Å². The number of halogens is 3. The number of aliphatic hydroxyl groups is 1. The fraction of sp³-hybridized carbons (Fsp3) is 0.455. The van der Waals surface area contributed by atoms with Crippen molar-refractivity contribution in [2.24, 2.45) is 5.10 Å². The van der Waals surface area contributed by atoms with Crippen molar-refractivity contribution in [1.82, 2.24) is 5.01 Å². The van der Waals surface area contributed by atoms with Crippen molar-refractivity contribution in [2.75, 3.05) is 0 Å². The van der Waals surface area contributed by atoms with Crippen LogP contribution in [0.1, 0.15) is 28.6 Å². The number of amides is 1. The third kappa shape index (κ3) is 2.25. The van der Waals surface area contributed by atoms with E-state index in [1.165, 1.54) is 29.7 Å². The van der Waals surface area contributed by atoms with Gasteiger partial charge in [-0.2, -0.15) is 23.3 Å². The lowest BCUT2D eigenvalue weighted by molar-refractivity contribution is -0.297. The Morgan fingerprint density at radius 3 is 2.63 bits per heavy atom. The van der Waals surface area contributed by atoms with E-state index in [4.69, 9.17) is 0 Å². The van der Waals surface area contributed by atoms with E-state index >= 15 is 0 Å². The van der Waals surface area contributed by atoms with Crippen molar-refractivity contribution in [2.45, 2.75) is 32.2 Å². The molecule has 1 aliphatic heterocycles. The van der Waals surface area contributed by atoms with Crippen molar-refractivity contribution in [3.63, 3.8) is 0 Å². The molecular formula is C11H11F3N2O2S. The fourth-order valence-electron chi connectivity index (χ4n) is 1.83. The second-order valence-corrected chi connectivity index (χ2v) is 5.50. The van der Waals surface area contributed by atoms with Gasteiger partial charge in [-0.25, -0.2) is 0 Å². The number of hydrogen-bond acceptors (Lipinski definition) is 4. The maximum absolute atomic E-state index is 12.9. The highest BCUT2D eigenvalue weighted by Gasteiger charge is 2.62. The number of rotatable bonds is 1. The van der Waals surface area contributed by atoms with Crippen LogP contribution in [0.3, 0.4) is 0 Å². The van der Waals surface area contributed by atoms with Gasteiger partial charge in [0.25, 0.3) is 11.6 Å². The number of aryl methyl sites for hydroxylation is 1. The predicted octanol–water partition coefficient (Wildman–Crippen LogP) is 2.53. The molecule has 1 aromatic rings. The van der Waals surface area contributed by atoms with Crippen molar-refractivity contribution < 1.29 is 23.1 Å². The summed E-state index contributed by atoms with van der Waals surface area (Å²) in [4.78, 5) is 12.8. The number of hydrazone groups is 1. The molecule has 1 amide bonds. The van der Waals surface area contributed by atoms with Crippen LogP contribution in [0, 0.1) is 6.92 Å². The summed E-state index contributed by atoms with van der Waals surface area (Å²) in [7, 11) is 0. The van der Waals surface area contributed by atoms with E-state index in [2.05, 4.69) is 5.10 Å². The lowest BCUT2D eigenvalue weighted by atomic mass is 10.1. The first-order chi connectivity index (χ1) is 8.65. The standard InChI is InChI=1S/C11H11F3N2O2S/c1-6-4-10(18,11(12,13)14)16(15-6)9(17)8-3-7(2)19-5-8/h3,5,18H,4H2,1-2H3/t10-/m0/s1. The van der Waals surface area contributed by atoms with E-state index in [0.717, 1.165) is 4.88 Å². The second kappa shape index (κ2) is 4.31. The van der Waals surface area contributed by atoms with Gasteiger partial charge >= 0.3 is 6.18 Å². The molecule has 2 heterocycles. The molecule has 4 nitrogen and oxygen atoms in total. The minimum absolute atomic E-state index is 0.0557. The summed E-state index contributed by atoms with van der Waals surface area (Å²) in [6.07, 6.45) is -5.69. The fourth-order valence-corrected chi connectivity index (χ4v) is 2.51. The molecule has 104 valence electrons. The van der Waals surface area contributed by atoms with Crippen molar-refractivity contribution >= 4 is 23.0 Å². The predicted molar refractivity (Wildman–Crippen MR) is 64.0 cm³/mol. The van der Waals surface area contributed by atoms with E-state index in [0.29, 0.717) is 0 Å². The van der Waals surface area contributed by atoms with E-state index < -0.39 is 24.2 Å². The highest BCUT2D eigenvalue weighted by molar-refractivity contribution is 7.10. The highest BCUT2D eigenvalue weighted by atomic mass is 32.1. The second-order valence-electron chi connectivity index (χ2n) is 4.39. The van der Waals surface area contributed by atoms with Gasteiger partial charge in [-0.15, -0.1) is 11.3 Å². The van der Waals surface area contributed by atoms with E-state index in [9.17, 15) is 23.1 Å². The summed E-state index contributed by atoms with van der Waals surface area (Å²) in [5.41, 5.74) is -3.12. The van der Waals surface area contributed by atoms with Crippen LogP contribution in [-0.2, 0) is 0 Å². The zero-order valence-electron chi connectivity index (χ0n) is 10.2. The molecule has 0 radical (unpaired) electrons. The topological polar surface area (TPSA) is 52.9 Å². The maximum Gasteiger partial charge on any atom is 0.438 e. The Morgan fingerprint density at radius 2 is 2.16 bits per heavy atom. The van der Waals surface area contributed by atoms with Crippen LogP contribution < -0.4 is 0 Å². The Hall–Kier alpha value is -1.41. The maximum atomic E-state index is 12.9. The van der Waals surface area contributed by atoms with Crippen molar-refractivity contribution in [3.8, 4) is 0 Å². The lowest BCUT2D eigenvalue weighted by Crippen LogP contribution is -2.56. The molecule has 0 unspecified atom stereocenters. The summed E-state index contributed by atoms with van der Waals surface area (Å²) in [5.74, 6) is -0.957. The van der Waals surface area contributed by atoms with Crippen molar-refractivity contribution in [3.05, 3.63) is 21.9 Å². The number of hydrogen-bond donors (Lipinski definition) is 1. The van der Waals surface area contributed by atoms with Gasteiger partial charge in [0.05, 0.1) is 5.56 Å². The number of alkyl halides is 3. The van der Waals surface area contributed by atoms with E-state index in [1.807, 2.05) is 0 Å². The third-order valence-electron chi connectivity index (χ3n) is 2.75. The molecule has 2 rings (SSSR count). The monoisotopic (exact) mass is 292 g/mol. The minimum atomic E-state index is -4.96. The number of nitrogens with zero attached hydrogens (tertiary/aromatic N) is 2. The average Bonchev–Trinajstić information content (AvgIpc) is 2.81. The van der Waals surface area contributed by atoms with Crippen molar-refractivity contribution in [1.29, 1.82) is 0 Å². The van der Waals surface area contributed by atoms with Gasteiger partial charge in [-0.1, -0.05) is 0 Å². The zero-order chi connectivity index (χ0) is 14.4. The normalized spacial score (nSPS) is 23.7. The molecule has 0 fully saturated rings. The Morgan fingerprint density at radius 1 is 1.53 bits per heavy atom. The van der Waals surface area contributed by atoms with Crippen LogP contribution in [0.2, 0.25) is 0 Å². The summed E-state index contributed by atoms with van der Waals surface area (Å²) in [6.45, 7) is 3.07. The Kier molecular flexibility index (Phi) is 3.18. The first-order valence-electron chi connectivity index (χ1n) is 5.38. The van der Waals surface area contributed by atoms with Gasteiger partial charge in [0.2, 0.25) is 0 Å². The molecule has 8 heteroatoms. The molecule has 0 bridgehead atoms. The van der Waals surface area contributed by atoms with Crippen LogP contribution in [0.15, 0.2) is 16.5 Å². The number of thiophene rings is 1. The highest BCUT2D eigenvalue weighted by Crippen LogP contribution is 2.41. The van der Waals surface area contributed by atoms with Crippen LogP contribution in [0.4, 0.5) is 13.2 Å². The molecule has 0 saturated carbocycles. The van der Waals surface area contributed by atoms with Gasteiger partial charge in [0.15, 0.2) is 0 Å². The number of carbonyl (C=O) groups is 1. The average molecular weight is 292 g/mol. The Labute approximate surface area is 111 Å². The molecular weight excluding hydrogens is 281 g/mol. The molecule has 1 atom stereocenters. The van der Waals surface area contributed by atoms with Crippen LogP contribution >= 0.6 is 11.3 Å². The SMILES string of the molecule is CC1=NN(C(=O)c2csc(C)c2)[C@@](O)(C(F)(F)F)C1. The lowest BCUT2D eigenvalue weighted by Gasteiger charge is -2.32. The molecule has 0 saturated heterocycles. The van der Waals surface area contributed by atoms with Crippen LogP contribution in [-0.4, -0.2) is 33.6 Å². The minimum Gasteiger partial charge on any atom is -0.362 e. The molecule has 1 aromatic heterocycles. The first kappa shape index (κ1) is 14.0. The van der Waals surface area contributed by atoms with E-state index in [-0.39, 0.29) is 16.3 Å². The van der Waals surface area contributed by atoms with Gasteiger partial charge in [-0.05, 0) is 19.9 Å². The molecule has 0 aromatic carbocycles. The van der Waals surface area contributed by atoms with Gasteiger partial charge in [0.1, 0.15) is 0 Å². The molecule has 1 N–H and O–H groups in total. The summed E-state index contributed by atoms with van der Waals surface area (Å²) >= 11 is 1.24. The zero-order valence-corrected chi connectivity index (χ0v) is 11.0. The smallest absolute Gasteiger partial charge is 0.362 e. The van der Waals surface area contributed by atoms with Gasteiger partial charge < -0.3 is 5.11 Å². The largest absolute Gasteiger partial charge is 0.438 e.